The molecule has 1 N–H and O–H groups in total. The van der Waals surface area contributed by atoms with E-state index in [1.807, 2.05) is 5.38 Å². The quantitative estimate of drug-likeness (QED) is 0.870. The third-order valence-corrected chi connectivity index (χ3v) is 2.91. The molecule has 0 aliphatic carbocycles. The number of hydrogen-bond donors (Lipinski definition) is 1. The largest absolute Gasteiger partial charge is 0.481 e. The standard InChI is InChI=1S/C10H8ClN3O2S/c1-16-8-5-7(11)12-10(13-8)14-9(15)6-3-2-4-17-6/h2-5H,1H3,(H,12,13,14,15). The van der Waals surface area contributed by atoms with Gasteiger partial charge in [-0.25, -0.2) is 4.98 Å². The number of amides is 1. The van der Waals surface area contributed by atoms with E-state index in [0.29, 0.717) is 10.8 Å². The highest BCUT2D eigenvalue weighted by atomic mass is 35.5. The van der Waals surface area contributed by atoms with Crippen LogP contribution in [0.5, 0.6) is 5.88 Å². The number of anilines is 1. The van der Waals surface area contributed by atoms with Gasteiger partial charge in [0.2, 0.25) is 11.8 Å². The molecule has 2 aromatic heterocycles. The van der Waals surface area contributed by atoms with Gasteiger partial charge in [-0.15, -0.1) is 11.3 Å². The Balaban J connectivity index is 2.18. The fourth-order valence-electron chi connectivity index (χ4n) is 1.13. The molecule has 7 heteroatoms. The Morgan fingerprint density at radius 2 is 2.35 bits per heavy atom. The zero-order chi connectivity index (χ0) is 12.3. The molecule has 2 aromatic rings. The van der Waals surface area contributed by atoms with Crippen molar-refractivity contribution in [2.45, 2.75) is 0 Å². The second-order valence-corrected chi connectivity index (χ2v) is 4.32. The summed E-state index contributed by atoms with van der Waals surface area (Å²) in [6.07, 6.45) is 0. The van der Waals surface area contributed by atoms with E-state index in [9.17, 15) is 4.79 Å². The molecule has 88 valence electrons. The van der Waals surface area contributed by atoms with E-state index in [4.69, 9.17) is 16.3 Å². The number of carbonyl (C=O) groups excluding carboxylic acids is 1. The lowest BCUT2D eigenvalue weighted by molar-refractivity contribution is 0.102. The van der Waals surface area contributed by atoms with Crippen LogP contribution in [0.2, 0.25) is 5.15 Å². The van der Waals surface area contributed by atoms with E-state index in [1.165, 1.54) is 24.5 Å². The van der Waals surface area contributed by atoms with Gasteiger partial charge in [0.25, 0.3) is 5.91 Å². The molecule has 5 nitrogen and oxygen atoms in total. The first-order chi connectivity index (χ1) is 8.19. The molecule has 0 spiro atoms. The summed E-state index contributed by atoms with van der Waals surface area (Å²) in [6.45, 7) is 0. The van der Waals surface area contributed by atoms with Gasteiger partial charge in [0.15, 0.2) is 0 Å². The maximum atomic E-state index is 11.7. The Kier molecular flexibility index (Phi) is 3.55. The Morgan fingerprint density at radius 3 is 3.00 bits per heavy atom. The van der Waals surface area contributed by atoms with Crippen molar-refractivity contribution in [2.24, 2.45) is 0 Å². The molecule has 0 radical (unpaired) electrons. The average molecular weight is 270 g/mol. The topological polar surface area (TPSA) is 64.1 Å². The van der Waals surface area contributed by atoms with Gasteiger partial charge in [-0.2, -0.15) is 4.98 Å². The molecule has 0 unspecified atom stereocenters. The summed E-state index contributed by atoms with van der Waals surface area (Å²) >= 11 is 7.09. The summed E-state index contributed by atoms with van der Waals surface area (Å²) < 4.78 is 4.92. The summed E-state index contributed by atoms with van der Waals surface area (Å²) in [4.78, 5) is 20.1. The van der Waals surface area contributed by atoms with Gasteiger partial charge in [-0.3, -0.25) is 10.1 Å². The Morgan fingerprint density at radius 1 is 1.53 bits per heavy atom. The van der Waals surface area contributed by atoms with Crippen LogP contribution in [0.3, 0.4) is 0 Å². The van der Waals surface area contributed by atoms with E-state index in [1.54, 1.807) is 12.1 Å². The van der Waals surface area contributed by atoms with Crippen LogP contribution in [-0.4, -0.2) is 23.0 Å². The van der Waals surface area contributed by atoms with Crippen LogP contribution in [0.25, 0.3) is 0 Å². The third kappa shape index (κ3) is 2.92. The molecule has 1 amide bonds. The Bertz CT molecular complexity index is 530. The summed E-state index contributed by atoms with van der Waals surface area (Å²) in [5.74, 6) is 0.142. The highest BCUT2D eigenvalue weighted by molar-refractivity contribution is 7.12. The lowest BCUT2D eigenvalue weighted by atomic mass is 10.4. The van der Waals surface area contributed by atoms with Crippen LogP contribution >= 0.6 is 22.9 Å². The summed E-state index contributed by atoms with van der Waals surface area (Å²) in [7, 11) is 1.46. The monoisotopic (exact) mass is 269 g/mol. The van der Waals surface area contributed by atoms with Gasteiger partial charge in [-0.05, 0) is 11.4 Å². The SMILES string of the molecule is COc1cc(Cl)nc(NC(=O)c2cccs2)n1. The second kappa shape index (κ2) is 5.11. The zero-order valence-electron chi connectivity index (χ0n) is 8.81. The predicted molar refractivity (Wildman–Crippen MR) is 65.9 cm³/mol. The molecule has 0 saturated carbocycles. The second-order valence-electron chi connectivity index (χ2n) is 2.99. The maximum absolute atomic E-state index is 11.7. The first kappa shape index (κ1) is 11.8. The molecule has 17 heavy (non-hydrogen) atoms. The normalized spacial score (nSPS) is 10.0. The number of aromatic nitrogens is 2. The summed E-state index contributed by atoms with van der Waals surface area (Å²) in [5.41, 5.74) is 0. The predicted octanol–water partition coefficient (Wildman–Crippen LogP) is 2.45. The maximum Gasteiger partial charge on any atom is 0.268 e. The van der Waals surface area contributed by atoms with Crippen molar-refractivity contribution in [3.63, 3.8) is 0 Å². The number of halogens is 1. The summed E-state index contributed by atoms with van der Waals surface area (Å²) in [6, 6.07) is 4.96. The minimum Gasteiger partial charge on any atom is -0.481 e. The lowest BCUT2D eigenvalue weighted by Crippen LogP contribution is -2.13. The number of thiophene rings is 1. The first-order valence-corrected chi connectivity index (χ1v) is 5.88. The van der Waals surface area contributed by atoms with E-state index >= 15 is 0 Å². The van der Waals surface area contributed by atoms with Gasteiger partial charge in [0, 0.05) is 6.07 Å². The Labute approximate surface area is 106 Å². The fraction of sp³-hybridized carbons (Fsp3) is 0.100. The van der Waals surface area contributed by atoms with Crippen LogP contribution in [-0.2, 0) is 0 Å². The van der Waals surface area contributed by atoms with Gasteiger partial charge in [0.1, 0.15) is 5.15 Å². The number of hydrogen-bond acceptors (Lipinski definition) is 5. The molecular weight excluding hydrogens is 262 g/mol. The minimum absolute atomic E-state index is 0.118. The number of ether oxygens (including phenoxy) is 1. The van der Waals surface area contributed by atoms with Crippen molar-refractivity contribution in [2.75, 3.05) is 12.4 Å². The molecule has 0 bridgehead atoms. The molecule has 0 saturated heterocycles. The fourth-order valence-corrected chi connectivity index (χ4v) is 1.92. The van der Waals surface area contributed by atoms with Gasteiger partial charge < -0.3 is 4.74 Å². The molecule has 2 rings (SSSR count). The van der Waals surface area contributed by atoms with Gasteiger partial charge in [-0.1, -0.05) is 17.7 Å². The smallest absolute Gasteiger partial charge is 0.268 e. The highest BCUT2D eigenvalue weighted by Gasteiger charge is 2.10. The van der Waals surface area contributed by atoms with E-state index in [2.05, 4.69) is 15.3 Å². The van der Waals surface area contributed by atoms with E-state index in [0.717, 1.165) is 0 Å². The Hall–Kier alpha value is -1.66. The van der Waals surface area contributed by atoms with E-state index < -0.39 is 0 Å². The molecule has 0 aliphatic heterocycles. The first-order valence-electron chi connectivity index (χ1n) is 4.62. The number of methoxy groups -OCH3 is 1. The zero-order valence-corrected chi connectivity index (χ0v) is 10.4. The van der Waals surface area contributed by atoms with Crippen LogP contribution < -0.4 is 10.1 Å². The van der Waals surface area contributed by atoms with Crippen LogP contribution in [0, 0.1) is 0 Å². The molecule has 2 heterocycles. The van der Waals surface area contributed by atoms with Crippen molar-refractivity contribution in [3.8, 4) is 5.88 Å². The van der Waals surface area contributed by atoms with Crippen molar-refractivity contribution in [1.82, 2.24) is 9.97 Å². The van der Waals surface area contributed by atoms with Crippen molar-refractivity contribution < 1.29 is 9.53 Å². The van der Waals surface area contributed by atoms with Gasteiger partial charge >= 0.3 is 0 Å². The van der Waals surface area contributed by atoms with Crippen LogP contribution in [0.1, 0.15) is 9.67 Å². The molecule has 0 aromatic carbocycles. The van der Waals surface area contributed by atoms with Crippen LogP contribution in [0.4, 0.5) is 5.95 Å². The van der Waals surface area contributed by atoms with Gasteiger partial charge in [0.05, 0.1) is 12.0 Å². The number of nitrogens with zero attached hydrogens (tertiary/aromatic N) is 2. The van der Waals surface area contributed by atoms with Crippen molar-refractivity contribution in [1.29, 1.82) is 0 Å². The van der Waals surface area contributed by atoms with E-state index in [-0.39, 0.29) is 17.0 Å². The number of carbonyl (C=O) groups is 1. The number of nitrogens with one attached hydrogen (secondary N) is 1. The summed E-state index contributed by atoms with van der Waals surface area (Å²) in [5, 5.41) is 4.57. The highest BCUT2D eigenvalue weighted by Crippen LogP contribution is 2.17. The minimum atomic E-state index is -0.274. The lowest BCUT2D eigenvalue weighted by Gasteiger charge is -2.04. The third-order valence-electron chi connectivity index (χ3n) is 1.85. The van der Waals surface area contributed by atoms with Crippen molar-refractivity contribution >= 4 is 34.8 Å². The average Bonchev–Trinajstić information content (AvgIpc) is 2.81. The molecular formula is C10H8ClN3O2S. The molecule has 0 atom stereocenters. The molecule has 0 aliphatic rings. The molecule has 0 fully saturated rings. The number of rotatable bonds is 3. The van der Waals surface area contributed by atoms with Crippen LogP contribution in [0.15, 0.2) is 23.6 Å². The van der Waals surface area contributed by atoms with Crippen molar-refractivity contribution in [3.05, 3.63) is 33.6 Å².